The second-order valence-corrected chi connectivity index (χ2v) is 7.73. The number of hydrogen-bond acceptors (Lipinski definition) is 4. The maximum atomic E-state index is 13.0. The monoisotopic (exact) mass is 452 g/mol. The zero-order chi connectivity index (χ0) is 22.7. The predicted octanol–water partition coefficient (Wildman–Crippen LogP) is 3.71. The van der Waals surface area contributed by atoms with Crippen LogP contribution in [0.25, 0.3) is 5.69 Å². The lowest BCUT2D eigenvalue weighted by molar-refractivity contribution is -0.120. The highest BCUT2D eigenvalue weighted by molar-refractivity contribution is 6.30. The van der Waals surface area contributed by atoms with Crippen molar-refractivity contribution in [1.29, 1.82) is 0 Å². The lowest BCUT2D eigenvalue weighted by Crippen LogP contribution is -2.48. The molecule has 9 heteroatoms. The molecule has 2 atom stereocenters. The number of anilines is 2. The molecule has 0 unspecified atom stereocenters. The number of urea groups is 1. The van der Waals surface area contributed by atoms with E-state index in [0.717, 1.165) is 0 Å². The fourth-order valence-electron chi connectivity index (χ4n) is 3.45. The molecule has 2 heterocycles. The Morgan fingerprint density at radius 3 is 2.31 bits per heavy atom. The highest BCUT2D eigenvalue weighted by Crippen LogP contribution is 2.22. The molecule has 8 nitrogen and oxygen atoms in total. The first-order valence-corrected chi connectivity index (χ1v) is 10.3. The van der Waals surface area contributed by atoms with Crippen molar-refractivity contribution in [1.82, 2.24) is 9.47 Å². The molecular formula is C23H21ClN4O4. The van der Waals surface area contributed by atoms with Crippen molar-refractivity contribution < 1.29 is 14.3 Å². The minimum absolute atomic E-state index is 0.00542. The van der Waals surface area contributed by atoms with Gasteiger partial charge in [-0.3, -0.25) is 19.1 Å². The average molecular weight is 453 g/mol. The maximum absolute atomic E-state index is 13.0. The summed E-state index contributed by atoms with van der Waals surface area (Å²) in [5, 5.41) is 6.12. The molecule has 1 fully saturated rings. The third-order valence-electron chi connectivity index (χ3n) is 5.12. The molecule has 0 radical (unpaired) electrons. The molecule has 164 valence electrons. The molecule has 2 aromatic carbocycles. The van der Waals surface area contributed by atoms with Gasteiger partial charge in [-0.25, -0.2) is 4.79 Å². The normalized spacial score (nSPS) is 17.8. The van der Waals surface area contributed by atoms with E-state index < -0.39 is 18.2 Å². The van der Waals surface area contributed by atoms with E-state index in [4.69, 9.17) is 16.3 Å². The SMILES string of the molecule is C[C@@H]1OCN(C(=O)Nc2ccc(Cl)cc2)[C@H]1C(=O)Nc1ccc(-n2ccccc2=O)cc1. The van der Waals surface area contributed by atoms with Gasteiger partial charge in [0.25, 0.3) is 5.56 Å². The van der Waals surface area contributed by atoms with Crippen LogP contribution in [-0.4, -0.2) is 40.3 Å². The van der Waals surface area contributed by atoms with Crippen molar-refractivity contribution in [3.05, 3.63) is 88.3 Å². The van der Waals surface area contributed by atoms with Gasteiger partial charge in [-0.1, -0.05) is 17.7 Å². The number of pyridine rings is 1. The molecule has 1 aliphatic rings. The number of hydrogen-bond donors (Lipinski definition) is 2. The van der Waals surface area contributed by atoms with Crippen LogP contribution in [0.4, 0.5) is 16.2 Å². The number of carbonyl (C=O) groups is 2. The molecule has 2 N–H and O–H groups in total. The zero-order valence-corrected chi connectivity index (χ0v) is 18.0. The van der Waals surface area contributed by atoms with Gasteiger partial charge >= 0.3 is 6.03 Å². The Morgan fingerprint density at radius 1 is 0.969 bits per heavy atom. The van der Waals surface area contributed by atoms with Crippen LogP contribution in [0.3, 0.4) is 0 Å². The van der Waals surface area contributed by atoms with Gasteiger partial charge < -0.3 is 15.4 Å². The number of benzene rings is 2. The topological polar surface area (TPSA) is 92.7 Å². The van der Waals surface area contributed by atoms with Crippen molar-refractivity contribution >= 4 is 34.9 Å². The van der Waals surface area contributed by atoms with E-state index >= 15 is 0 Å². The molecule has 0 aliphatic carbocycles. The van der Waals surface area contributed by atoms with Crippen LogP contribution in [-0.2, 0) is 9.53 Å². The number of nitrogens with zero attached hydrogens (tertiary/aromatic N) is 2. The number of rotatable bonds is 4. The van der Waals surface area contributed by atoms with Gasteiger partial charge in [-0.05, 0) is 61.5 Å². The Kier molecular flexibility index (Phi) is 6.25. The lowest BCUT2D eigenvalue weighted by Gasteiger charge is -2.24. The number of ether oxygens (including phenoxy) is 1. The summed E-state index contributed by atoms with van der Waals surface area (Å²) in [4.78, 5) is 39.0. The molecule has 3 aromatic rings. The Labute approximate surface area is 189 Å². The maximum Gasteiger partial charge on any atom is 0.324 e. The minimum atomic E-state index is -0.807. The average Bonchev–Trinajstić information content (AvgIpc) is 3.18. The quantitative estimate of drug-likeness (QED) is 0.631. The molecule has 0 saturated carbocycles. The van der Waals surface area contributed by atoms with Crippen LogP contribution in [0.2, 0.25) is 5.02 Å². The second-order valence-electron chi connectivity index (χ2n) is 7.30. The first kappa shape index (κ1) is 21.6. The van der Waals surface area contributed by atoms with Gasteiger partial charge in [-0.15, -0.1) is 0 Å². The van der Waals surface area contributed by atoms with E-state index in [9.17, 15) is 14.4 Å². The molecule has 1 aliphatic heterocycles. The molecule has 1 aromatic heterocycles. The lowest BCUT2D eigenvalue weighted by atomic mass is 10.1. The summed E-state index contributed by atoms with van der Waals surface area (Å²) >= 11 is 5.88. The predicted molar refractivity (Wildman–Crippen MR) is 122 cm³/mol. The van der Waals surface area contributed by atoms with Gasteiger partial charge in [0.15, 0.2) is 0 Å². The number of nitrogens with one attached hydrogen (secondary N) is 2. The molecule has 4 rings (SSSR count). The van der Waals surface area contributed by atoms with E-state index in [1.165, 1.54) is 15.5 Å². The fraction of sp³-hybridized carbons (Fsp3) is 0.174. The first-order chi connectivity index (χ1) is 15.4. The van der Waals surface area contributed by atoms with E-state index in [0.29, 0.717) is 22.1 Å². The number of carbonyl (C=O) groups excluding carboxylic acids is 2. The van der Waals surface area contributed by atoms with Crippen LogP contribution in [0, 0.1) is 0 Å². The fourth-order valence-corrected chi connectivity index (χ4v) is 3.58. The van der Waals surface area contributed by atoms with E-state index in [1.54, 1.807) is 73.8 Å². The van der Waals surface area contributed by atoms with E-state index in [-0.39, 0.29) is 18.2 Å². The van der Waals surface area contributed by atoms with Gasteiger partial charge in [0.1, 0.15) is 12.8 Å². The van der Waals surface area contributed by atoms with E-state index in [1.807, 2.05) is 0 Å². The van der Waals surface area contributed by atoms with Crippen LogP contribution in [0.15, 0.2) is 77.7 Å². The summed E-state index contributed by atoms with van der Waals surface area (Å²) in [5.74, 6) is -0.370. The van der Waals surface area contributed by atoms with Crippen LogP contribution >= 0.6 is 11.6 Å². The first-order valence-electron chi connectivity index (χ1n) is 9.96. The minimum Gasteiger partial charge on any atom is -0.355 e. The molecule has 32 heavy (non-hydrogen) atoms. The number of halogens is 1. The van der Waals surface area contributed by atoms with Crippen molar-refractivity contribution in [2.24, 2.45) is 0 Å². The zero-order valence-electron chi connectivity index (χ0n) is 17.2. The summed E-state index contributed by atoms with van der Waals surface area (Å²) in [6, 6.07) is 17.2. The Hall–Kier alpha value is -3.62. The second kappa shape index (κ2) is 9.25. The molecule has 3 amide bonds. The van der Waals surface area contributed by atoms with Gasteiger partial charge in [0, 0.05) is 34.3 Å². The summed E-state index contributed by atoms with van der Waals surface area (Å²) in [5.41, 5.74) is 1.63. The third kappa shape index (κ3) is 4.66. The summed E-state index contributed by atoms with van der Waals surface area (Å²) < 4.78 is 7.05. The van der Waals surface area contributed by atoms with Crippen LogP contribution < -0.4 is 16.2 Å². The summed E-state index contributed by atoms with van der Waals surface area (Å²) in [7, 11) is 0. The van der Waals surface area contributed by atoms with Crippen molar-refractivity contribution in [3.63, 3.8) is 0 Å². The van der Waals surface area contributed by atoms with Crippen LogP contribution in [0.5, 0.6) is 0 Å². The highest BCUT2D eigenvalue weighted by Gasteiger charge is 2.40. The Balaban J connectivity index is 1.45. The van der Waals surface area contributed by atoms with Crippen molar-refractivity contribution in [2.45, 2.75) is 19.1 Å². The van der Waals surface area contributed by atoms with Crippen molar-refractivity contribution in [3.8, 4) is 5.69 Å². The largest absolute Gasteiger partial charge is 0.355 e. The molecule has 0 bridgehead atoms. The van der Waals surface area contributed by atoms with Gasteiger partial charge in [0.2, 0.25) is 5.91 Å². The third-order valence-corrected chi connectivity index (χ3v) is 5.37. The molecule has 1 saturated heterocycles. The highest BCUT2D eigenvalue weighted by atomic mass is 35.5. The molecular weight excluding hydrogens is 432 g/mol. The molecule has 0 spiro atoms. The van der Waals surface area contributed by atoms with Gasteiger partial charge in [-0.2, -0.15) is 0 Å². The standard InChI is InChI=1S/C23H21ClN4O4/c1-15-21(28(14-32-15)23(31)26-18-7-5-16(24)6-8-18)22(30)25-17-9-11-19(12-10-17)27-13-3-2-4-20(27)29/h2-13,15,21H,14H2,1H3,(H,25,30)(H,26,31)/t15-,21+/m0/s1. The van der Waals surface area contributed by atoms with Gasteiger partial charge in [0.05, 0.1) is 6.10 Å². The van der Waals surface area contributed by atoms with Crippen molar-refractivity contribution in [2.75, 3.05) is 17.4 Å². The smallest absolute Gasteiger partial charge is 0.324 e. The summed E-state index contributed by atoms with van der Waals surface area (Å²) in [6.07, 6.45) is 1.19. The van der Waals surface area contributed by atoms with Crippen LogP contribution in [0.1, 0.15) is 6.92 Å². The summed E-state index contributed by atoms with van der Waals surface area (Å²) in [6.45, 7) is 1.74. The Morgan fingerprint density at radius 2 is 1.62 bits per heavy atom. The Bertz CT molecular complexity index is 1180. The van der Waals surface area contributed by atoms with E-state index in [2.05, 4.69) is 10.6 Å². The number of amides is 3. The number of aromatic nitrogens is 1.